The molecule has 130 valence electrons. The predicted octanol–water partition coefficient (Wildman–Crippen LogP) is 1.06. The van der Waals surface area contributed by atoms with Crippen molar-refractivity contribution in [2.75, 3.05) is 20.6 Å². The van der Waals surface area contributed by atoms with Gasteiger partial charge in [0.1, 0.15) is 5.82 Å². The molecule has 0 fully saturated rings. The zero-order valence-electron chi connectivity index (χ0n) is 14.1. The molecule has 0 aliphatic rings. The van der Waals surface area contributed by atoms with Crippen molar-refractivity contribution in [3.05, 3.63) is 36.7 Å². The number of nitrogens with zero attached hydrogens (tertiary/aromatic N) is 3. The van der Waals surface area contributed by atoms with Gasteiger partial charge in [-0.3, -0.25) is 4.79 Å². The molecule has 0 spiro atoms. The Hall–Kier alpha value is -2.19. The summed E-state index contributed by atoms with van der Waals surface area (Å²) in [6.45, 7) is 3.99. The highest BCUT2D eigenvalue weighted by atomic mass is 32.2. The maximum atomic E-state index is 12.2. The molecule has 7 nitrogen and oxygen atoms in total. The number of aromatic nitrogens is 2. The fraction of sp³-hybridized carbons (Fsp3) is 0.375. The number of hydrogen-bond donors (Lipinski definition) is 1. The number of rotatable bonds is 7. The van der Waals surface area contributed by atoms with Crippen LogP contribution in [0.4, 0.5) is 0 Å². The highest BCUT2D eigenvalue weighted by Gasteiger charge is 2.19. The Morgan fingerprint density at radius 2 is 2.12 bits per heavy atom. The maximum absolute atomic E-state index is 12.2. The molecule has 0 aliphatic heterocycles. The Morgan fingerprint density at radius 3 is 2.75 bits per heavy atom. The molecule has 0 atom stereocenters. The van der Waals surface area contributed by atoms with Crippen LogP contribution in [-0.4, -0.2) is 48.8 Å². The number of sulfonamides is 1. The van der Waals surface area contributed by atoms with Gasteiger partial charge in [0.2, 0.25) is 15.9 Å². The van der Waals surface area contributed by atoms with Crippen molar-refractivity contribution in [1.82, 2.24) is 19.2 Å². The largest absolute Gasteiger partial charge is 0.353 e. The molecule has 0 unspecified atom stereocenters. The van der Waals surface area contributed by atoms with E-state index < -0.39 is 10.0 Å². The maximum Gasteiger partial charge on any atom is 0.242 e. The lowest BCUT2D eigenvalue weighted by molar-refractivity contribution is -0.120. The van der Waals surface area contributed by atoms with E-state index in [4.69, 9.17) is 0 Å². The van der Waals surface area contributed by atoms with Gasteiger partial charge in [0, 0.05) is 40.5 Å². The van der Waals surface area contributed by atoms with Crippen molar-refractivity contribution in [3.63, 3.8) is 0 Å². The van der Waals surface area contributed by atoms with E-state index in [0.717, 1.165) is 11.3 Å². The Morgan fingerprint density at radius 1 is 1.42 bits per heavy atom. The van der Waals surface area contributed by atoms with Crippen molar-refractivity contribution in [1.29, 1.82) is 0 Å². The molecule has 2 aromatic rings. The van der Waals surface area contributed by atoms with Crippen LogP contribution in [0.3, 0.4) is 0 Å². The Bertz CT molecular complexity index is 869. The smallest absolute Gasteiger partial charge is 0.242 e. The molecule has 1 N–H and O–H groups in total. The van der Waals surface area contributed by atoms with Crippen LogP contribution in [0.25, 0.3) is 11.0 Å². The van der Waals surface area contributed by atoms with Crippen LogP contribution in [0.1, 0.15) is 12.2 Å². The highest BCUT2D eigenvalue weighted by molar-refractivity contribution is 7.89. The molecular formula is C16H22N4O3S. The van der Waals surface area contributed by atoms with E-state index in [1.165, 1.54) is 18.4 Å². The van der Waals surface area contributed by atoms with E-state index in [1.807, 2.05) is 11.6 Å². The lowest BCUT2D eigenvalue weighted by Crippen LogP contribution is -2.23. The zero-order chi connectivity index (χ0) is 17.9. The summed E-state index contributed by atoms with van der Waals surface area (Å²) in [7, 11) is 1.34. The molecule has 2 rings (SSSR count). The number of carbonyl (C=O) groups excluding carboxylic acids is 1. The van der Waals surface area contributed by atoms with E-state index in [2.05, 4.69) is 16.9 Å². The first-order valence-corrected chi connectivity index (χ1v) is 8.97. The van der Waals surface area contributed by atoms with Gasteiger partial charge in [0.05, 0.1) is 15.9 Å². The summed E-state index contributed by atoms with van der Waals surface area (Å²) in [5, 5.41) is 2.72. The van der Waals surface area contributed by atoms with Crippen LogP contribution in [0, 0.1) is 0 Å². The topological polar surface area (TPSA) is 84.3 Å². The van der Waals surface area contributed by atoms with Gasteiger partial charge in [-0.1, -0.05) is 6.08 Å². The molecule has 1 amide bonds. The molecule has 0 radical (unpaired) electrons. The molecule has 8 heteroatoms. The van der Waals surface area contributed by atoms with Crippen molar-refractivity contribution in [3.8, 4) is 0 Å². The van der Waals surface area contributed by atoms with Gasteiger partial charge < -0.3 is 9.88 Å². The van der Waals surface area contributed by atoms with Crippen LogP contribution in [-0.2, 0) is 28.3 Å². The molecule has 0 aliphatic carbocycles. The summed E-state index contributed by atoms with van der Waals surface area (Å²) in [5.41, 5.74) is 1.43. The Balaban J connectivity index is 2.27. The number of carbonyl (C=O) groups is 1. The van der Waals surface area contributed by atoms with Gasteiger partial charge in [0.25, 0.3) is 0 Å². The van der Waals surface area contributed by atoms with Gasteiger partial charge in [-0.25, -0.2) is 17.7 Å². The third-order valence-corrected chi connectivity index (χ3v) is 5.55. The van der Waals surface area contributed by atoms with Crippen LogP contribution in [0.2, 0.25) is 0 Å². The number of amides is 1. The molecule has 1 aromatic carbocycles. The summed E-state index contributed by atoms with van der Waals surface area (Å²) in [6.07, 6.45) is 2.41. The van der Waals surface area contributed by atoms with Crippen molar-refractivity contribution < 1.29 is 13.2 Å². The molecular weight excluding hydrogens is 328 g/mol. The lowest BCUT2D eigenvalue weighted by Gasteiger charge is -2.10. The molecule has 1 aromatic heterocycles. The SMILES string of the molecule is C=CCNC(=O)CCc1nc2cc(S(=O)(=O)N(C)C)ccc2n1C. The first kappa shape index (κ1) is 18.2. The average molecular weight is 350 g/mol. The number of fused-ring (bicyclic) bond motifs is 1. The second kappa shape index (κ2) is 7.14. The minimum absolute atomic E-state index is 0.0715. The van der Waals surface area contributed by atoms with Gasteiger partial charge in [-0.05, 0) is 18.2 Å². The van der Waals surface area contributed by atoms with Crippen molar-refractivity contribution in [2.45, 2.75) is 17.7 Å². The van der Waals surface area contributed by atoms with Crippen LogP contribution in [0.15, 0.2) is 35.7 Å². The van der Waals surface area contributed by atoms with E-state index in [1.54, 1.807) is 24.3 Å². The van der Waals surface area contributed by atoms with Crippen LogP contribution < -0.4 is 5.32 Å². The third-order valence-electron chi connectivity index (χ3n) is 3.74. The predicted molar refractivity (Wildman–Crippen MR) is 93.1 cm³/mol. The van der Waals surface area contributed by atoms with Gasteiger partial charge in [-0.2, -0.15) is 0 Å². The average Bonchev–Trinajstić information content (AvgIpc) is 2.86. The summed E-state index contributed by atoms with van der Waals surface area (Å²) in [4.78, 5) is 16.4. The van der Waals surface area contributed by atoms with Gasteiger partial charge in [-0.15, -0.1) is 6.58 Å². The number of aryl methyl sites for hydroxylation is 2. The molecule has 0 saturated heterocycles. The second-order valence-corrected chi connectivity index (χ2v) is 7.77. The monoisotopic (exact) mass is 350 g/mol. The summed E-state index contributed by atoms with van der Waals surface area (Å²) in [6, 6.07) is 4.87. The fourth-order valence-corrected chi connectivity index (χ4v) is 3.25. The van der Waals surface area contributed by atoms with E-state index >= 15 is 0 Å². The summed E-state index contributed by atoms with van der Waals surface area (Å²) < 4.78 is 27.5. The lowest BCUT2D eigenvalue weighted by atomic mass is 10.3. The molecule has 1 heterocycles. The second-order valence-electron chi connectivity index (χ2n) is 5.62. The molecule has 0 saturated carbocycles. The van der Waals surface area contributed by atoms with Crippen LogP contribution in [0.5, 0.6) is 0 Å². The number of benzene rings is 1. The highest BCUT2D eigenvalue weighted by Crippen LogP contribution is 2.21. The quantitative estimate of drug-likeness (QED) is 0.757. The fourth-order valence-electron chi connectivity index (χ4n) is 2.32. The number of nitrogens with one attached hydrogen (secondary N) is 1. The standard InChI is InChI=1S/C16H22N4O3S/c1-5-10-17-16(21)9-8-15-18-13-11-12(24(22,23)19(2)3)6-7-14(13)20(15)4/h5-7,11H,1,8-10H2,2-4H3,(H,17,21). The van der Waals surface area contributed by atoms with Crippen LogP contribution >= 0.6 is 0 Å². The van der Waals surface area contributed by atoms with E-state index in [9.17, 15) is 13.2 Å². The molecule has 0 bridgehead atoms. The number of imidazole rings is 1. The first-order chi connectivity index (χ1) is 11.3. The Kier molecular flexibility index (Phi) is 5.40. The summed E-state index contributed by atoms with van der Waals surface area (Å²) in [5.74, 6) is 0.663. The first-order valence-electron chi connectivity index (χ1n) is 7.53. The van der Waals surface area contributed by atoms with Crippen molar-refractivity contribution >= 4 is 27.0 Å². The van der Waals surface area contributed by atoms with Gasteiger partial charge in [0.15, 0.2) is 0 Å². The normalized spacial score (nSPS) is 11.8. The van der Waals surface area contributed by atoms with E-state index in [0.29, 0.717) is 24.9 Å². The third kappa shape index (κ3) is 3.65. The number of hydrogen-bond acceptors (Lipinski definition) is 4. The minimum Gasteiger partial charge on any atom is -0.353 e. The minimum atomic E-state index is -3.50. The zero-order valence-corrected chi connectivity index (χ0v) is 14.9. The Labute approximate surface area is 142 Å². The van der Waals surface area contributed by atoms with Crippen molar-refractivity contribution in [2.24, 2.45) is 7.05 Å². The van der Waals surface area contributed by atoms with E-state index in [-0.39, 0.29) is 10.8 Å². The molecule has 24 heavy (non-hydrogen) atoms. The summed E-state index contributed by atoms with van der Waals surface area (Å²) >= 11 is 0. The van der Waals surface area contributed by atoms with Gasteiger partial charge >= 0.3 is 0 Å².